The second kappa shape index (κ2) is 12.2. The van der Waals surface area contributed by atoms with Crippen molar-refractivity contribution in [2.75, 3.05) is 0 Å². The van der Waals surface area contributed by atoms with Gasteiger partial charge in [-0.05, 0) is 25.7 Å². The van der Waals surface area contributed by atoms with Gasteiger partial charge in [0.15, 0.2) is 0 Å². The molecule has 14 heavy (non-hydrogen) atoms. The van der Waals surface area contributed by atoms with Gasteiger partial charge in [-0.25, -0.2) is 0 Å². The van der Waals surface area contributed by atoms with Gasteiger partial charge < -0.3 is 4.79 Å². The van der Waals surface area contributed by atoms with Gasteiger partial charge in [0.2, 0.25) is 0 Å². The second-order valence-electron chi connectivity index (χ2n) is 3.51. The van der Waals surface area contributed by atoms with Crippen LogP contribution in [-0.2, 0) is 4.79 Å². The molecule has 80 valence electrons. The minimum atomic E-state index is 0.735. The molecule has 0 aromatic carbocycles. The third-order valence-electron chi connectivity index (χ3n) is 2.16. The van der Waals surface area contributed by atoms with Gasteiger partial charge in [-0.1, -0.05) is 37.5 Å². The zero-order valence-electron chi connectivity index (χ0n) is 9.08. The van der Waals surface area contributed by atoms with Crippen LogP contribution in [0.4, 0.5) is 0 Å². The van der Waals surface area contributed by atoms with Crippen molar-refractivity contribution in [1.82, 2.24) is 0 Å². The Morgan fingerprint density at radius 2 is 1.50 bits per heavy atom. The van der Waals surface area contributed by atoms with E-state index in [1.54, 1.807) is 0 Å². The number of carbonyl (C=O) groups excluding carboxylic acids is 1. The normalized spacial score (nSPS) is 10.6. The fraction of sp³-hybridized carbons (Fsp3) is 0.615. The summed E-state index contributed by atoms with van der Waals surface area (Å²) < 4.78 is 0. The zero-order chi connectivity index (χ0) is 10.5. The van der Waals surface area contributed by atoms with Crippen molar-refractivity contribution in [3.63, 3.8) is 0 Å². The molecule has 0 heterocycles. The SMILES string of the molecule is C=CC/C=C/CCCCCCCC=O. The molecule has 0 atom stereocenters. The number of hydrogen-bond acceptors (Lipinski definition) is 1. The van der Waals surface area contributed by atoms with Crippen LogP contribution in [0.3, 0.4) is 0 Å². The van der Waals surface area contributed by atoms with E-state index in [0.717, 1.165) is 25.5 Å². The monoisotopic (exact) mass is 194 g/mol. The van der Waals surface area contributed by atoms with Crippen LogP contribution in [0, 0.1) is 0 Å². The van der Waals surface area contributed by atoms with E-state index in [0.29, 0.717) is 0 Å². The maximum absolute atomic E-state index is 10.0. The first-order valence-corrected chi connectivity index (χ1v) is 5.61. The molecule has 0 aliphatic rings. The summed E-state index contributed by atoms with van der Waals surface area (Å²) in [7, 11) is 0. The number of allylic oxidation sites excluding steroid dienone is 3. The van der Waals surface area contributed by atoms with E-state index in [2.05, 4.69) is 18.7 Å². The predicted molar refractivity (Wildman–Crippen MR) is 62.3 cm³/mol. The molecule has 0 amide bonds. The van der Waals surface area contributed by atoms with Gasteiger partial charge in [-0.15, -0.1) is 6.58 Å². The summed E-state index contributed by atoms with van der Waals surface area (Å²) in [5.41, 5.74) is 0. The van der Waals surface area contributed by atoms with Crippen molar-refractivity contribution in [3.05, 3.63) is 24.8 Å². The fourth-order valence-electron chi connectivity index (χ4n) is 1.33. The molecular formula is C13H22O. The Hall–Kier alpha value is -0.850. The second-order valence-corrected chi connectivity index (χ2v) is 3.51. The van der Waals surface area contributed by atoms with Crippen molar-refractivity contribution in [3.8, 4) is 0 Å². The predicted octanol–water partition coefficient (Wildman–Crippen LogP) is 4.05. The Morgan fingerprint density at radius 1 is 0.857 bits per heavy atom. The summed E-state index contributed by atoms with van der Waals surface area (Å²) in [4.78, 5) is 10.0. The Labute approximate surface area is 87.9 Å². The quantitative estimate of drug-likeness (QED) is 0.291. The first-order valence-electron chi connectivity index (χ1n) is 5.61. The smallest absolute Gasteiger partial charge is 0.119 e. The van der Waals surface area contributed by atoms with Crippen molar-refractivity contribution < 1.29 is 4.79 Å². The summed E-state index contributed by atoms with van der Waals surface area (Å²) in [6, 6.07) is 0. The maximum Gasteiger partial charge on any atom is 0.119 e. The van der Waals surface area contributed by atoms with Gasteiger partial charge in [-0.2, -0.15) is 0 Å². The molecule has 0 aromatic rings. The Kier molecular flexibility index (Phi) is 11.4. The summed E-state index contributed by atoms with van der Waals surface area (Å²) >= 11 is 0. The van der Waals surface area contributed by atoms with Crippen LogP contribution in [-0.4, -0.2) is 6.29 Å². The van der Waals surface area contributed by atoms with Gasteiger partial charge in [0, 0.05) is 6.42 Å². The summed E-state index contributed by atoms with van der Waals surface area (Å²) in [6.45, 7) is 3.66. The molecule has 0 spiro atoms. The average molecular weight is 194 g/mol. The molecule has 1 heteroatoms. The molecule has 0 bridgehead atoms. The minimum Gasteiger partial charge on any atom is -0.303 e. The van der Waals surface area contributed by atoms with Gasteiger partial charge >= 0.3 is 0 Å². The van der Waals surface area contributed by atoms with Crippen molar-refractivity contribution >= 4 is 6.29 Å². The number of unbranched alkanes of at least 4 members (excludes halogenated alkanes) is 6. The first kappa shape index (κ1) is 13.2. The molecule has 0 N–H and O–H groups in total. The van der Waals surface area contributed by atoms with Crippen LogP contribution in [0.15, 0.2) is 24.8 Å². The lowest BCUT2D eigenvalue weighted by atomic mass is 10.1. The summed E-state index contributed by atoms with van der Waals surface area (Å²) in [5, 5.41) is 0. The molecule has 0 radical (unpaired) electrons. The Balaban J connectivity index is 2.98. The average Bonchev–Trinajstić information content (AvgIpc) is 2.21. The van der Waals surface area contributed by atoms with Crippen LogP contribution in [0.2, 0.25) is 0 Å². The van der Waals surface area contributed by atoms with Crippen LogP contribution in [0.1, 0.15) is 51.4 Å². The van der Waals surface area contributed by atoms with E-state index < -0.39 is 0 Å². The molecule has 0 aliphatic heterocycles. The van der Waals surface area contributed by atoms with E-state index in [-0.39, 0.29) is 0 Å². The molecule has 0 fully saturated rings. The highest BCUT2D eigenvalue weighted by molar-refractivity contribution is 5.48. The van der Waals surface area contributed by atoms with E-state index in [1.807, 2.05) is 6.08 Å². The molecule has 0 aromatic heterocycles. The molecular weight excluding hydrogens is 172 g/mol. The summed E-state index contributed by atoms with van der Waals surface area (Å²) in [5.74, 6) is 0. The lowest BCUT2D eigenvalue weighted by Gasteiger charge is -1.96. The number of rotatable bonds is 10. The van der Waals surface area contributed by atoms with E-state index in [1.165, 1.54) is 32.1 Å². The lowest BCUT2D eigenvalue weighted by molar-refractivity contribution is -0.107. The molecule has 0 rings (SSSR count). The van der Waals surface area contributed by atoms with Gasteiger partial charge in [0.05, 0.1) is 0 Å². The highest BCUT2D eigenvalue weighted by Crippen LogP contribution is 2.06. The molecule has 1 nitrogen and oxygen atoms in total. The van der Waals surface area contributed by atoms with Crippen LogP contribution >= 0.6 is 0 Å². The van der Waals surface area contributed by atoms with Crippen LogP contribution in [0.25, 0.3) is 0 Å². The number of carbonyl (C=O) groups is 1. The maximum atomic E-state index is 10.0. The lowest BCUT2D eigenvalue weighted by Crippen LogP contribution is -1.80. The highest BCUT2D eigenvalue weighted by atomic mass is 16.1. The van der Waals surface area contributed by atoms with Gasteiger partial charge in [0.1, 0.15) is 6.29 Å². The van der Waals surface area contributed by atoms with E-state index >= 15 is 0 Å². The minimum absolute atomic E-state index is 0.735. The third kappa shape index (κ3) is 11.2. The number of aldehydes is 1. The highest BCUT2D eigenvalue weighted by Gasteiger charge is 1.88. The van der Waals surface area contributed by atoms with Crippen molar-refractivity contribution in [2.24, 2.45) is 0 Å². The van der Waals surface area contributed by atoms with Gasteiger partial charge in [-0.3, -0.25) is 0 Å². The number of hydrogen-bond donors (Lipinski definition) is 0. The van der Waals surface area contributed by atoms with E-state index in [4.69, 9.17) is 0 Å². The summed E-state index contributed by atoms with van der Waals surface area (Å²) in [6.07, 6.45) is 16.3. The fourth-order valence-corrected chi connectivity index (χ4v) is 1.33. The van der Waals surface area contributed by atoms with Gasteiger partial charge in [0.25, 0.3) is 0 Å². The first-order chi connectivity index (χ1) is 6.91. The Morgan fingerprint density at radius 3 is 2.14 bits per heavy atom. The molecule has 0 saturated carbocycles. The molecule has 0 aliphatic carbocycles. The zero-order valence-corrected chi connectivity index (χ0v) is 9.08. The van der Waals surface area contributed by atoms with E-state index in [9.17, 15) is 4.79 Å². The molecule has 0 saturated heterocycles. The largest absolute Gasteiger partial charge is 0.303 e. The van der Waals surface area contributed by atoms with Crippen molar-refractivity contribution in [1.29, 1.82) is 0 Å². The Bertz CT molecular complexity index is 159. The topological polar surface area (TPSA) is 17.1 Å². The van der Waals surface area contributed by atoms with Crippen LogP contribution < -0.4 is 0 Å². The van der Waals surface area contributed by atoms with Crippen molar-refractivity contribution in [2.45, 2.75) is 51.4 Å². The standard InChI is InChI=1S/C13H22O/c1-2-3-4-5-6-7-8-9-10-11-12-13-14/h2,4-5,13H,1,3,6-12H2/b5-4+. The molecule has 0 unspecified atom stereocenters. The third-order valence-corrected chi connectivity index (χ3v) is 2.16. The van der Waals surface area contributed by atoms with Crippen LogP contribution in [0.5, 0.6) is 0 Å².